The zero-order chi connectivity index (χ0) is 25.9. The van der Waals surface area contributed by atoms with Gasteiger partial charge in [0.05, 0.1) is 29.0 Å². The van der Waals surface area contributed by atoms with E-state index in [2.05, 4.69) is 26.3 Å². The summed E-state index contributed by atoms with van der Waals surface area (Å²) >= 11 is 9.98. The summed E-state index contributed by atoms with van der Waals surface area (Å²) in [6.07, 6.45) is 3.46. The van der Waals surface area contributed by atoms with Gasteiger partial charge in [-0.15, -0.1) is 0 Å². The van der Waals surface area contributed by atoms with Crippen molar-refractivity contribution in [3.05, 3.63) is 81.4 Å². The summed E-state index contributed by atoms with van der Waals surface area (Å²) in [6.45, 7) is 2.04. The molecule has 1 aliphatic rings. The fourth-order valence-electron chi connectivity index (χ4n) is 4.54. The Balaban J connectivity index is 1.26. The second-order valence-electron chi connectivity index (χ2n) is 8.92. The van der Waals surface area contributed by atoms with E-state index >= 15 is 0 Å². The first-order chi connectivity index (χ1) is 17.9. The van der Waals surface area contributed by atoms with Crippen molar-refractivity contribution in [2.24, 2.45) is 5.92 Å². The third-order valence-corrected chi connectivity index (χ3v) is 7.47. The van der Waals surface area contributed by atoms with Crippen LogP contribution in [0, 0.1) is 5.92 Å². The number of hydrogen-bond donors (Lipinski definition) is 1. The number of nitrogens with one attached hydrogen (secondary N) is 1. The zero-order valence-corrected chi connectivity index (χ0v) is 22.5. The predicted octanol–water partition coefficient (Wildman–Crippen LogP) is 5.56. The van der Waals surface area contributed by atoms with E-state index in [4.69, 9.17) is 21.3 Å². The molecule has 4 aromatic rings. The topological polar surface area (TPSA) is 88.8 Å². The largest absolute Gasteiger partial charge is 0.465 e. The first-order valence-electron chi connectivity index (χ1n) is 12.0. The molecule has 1 amide bonds. The summed E-state index contributed by atoms with van der Waals surface area (Å²) in [7, 11) is 1.33. The molecule has 190 valence electrons. The smallest absolute Gasteiger partial charge is 0.337 e. The molecule has 3 heterocycles. The van der Waals surface area contributed by atoms with Crippen LogP contribution in [0.4, 0.5) is 5.82 Å². The molecule has 1 aliphatic heterocycles. The molecule has 0 spiro atoms. The van der Waals surface area contributed by atoms with E-state index in [9.17, 15) is 9.59 Å². The molecule has 0 atom stereocenters. The van der Waals surface area contributed by atoms with Crippen LogP contribution in [0.3, 0.4) is 0 Å². The van der Waals surface area contributed by atoms with E-state index in [-0.39, 0.29) is 5.91 Å². The van der Waals surface area contributed by atoms with Gasteiger partial charge >= 0.3 is 5.97 Å². The van der Waals surface area contributed by atoms with Crippen molar-refractivity contribution in [1.82, 2.24) is 19.5 Å². The van der Waals surface area contributed by atoms with E-state index in [1.165, 1.54) is 7.11 Å². The Hall–Kier alpha value is -3.43. The van der Waals surface area contributed by atoms with Crippen molar-refractivity contribution < 1.29 is 14.3 Å². The van der Waals surface area contributed by atoms with Gasteiger partial charge in [-0.2, -0.15) is 9.61 Å². The number of carbonyl (C=O) groups is 2. The molecule has 37 heavy (non-hydrogen) atoms. The Morgan fingerprint density at radius 3 is 2.62 bits per heavy atom. The number of methoxy groups -OCH3 is 1. The summed E-state index contributed by atoms with van der Waals surface area (Å²) in [5.41, 5.74) is 3.18. The summed E-state index contributed by atoms with van der Waals surface area (Å²) in [5, 5.41) is 8.64. The molecule has 0 aliphatic carbocycles. The number of hydrogen-bond acceptors (Lipinski definition) is 6. The van der Waals surface area contributed by atoms with E-state index in [0.717, 1.165) is 40.9 Å². The summed E-state index contributed by atoms with van der Waals surface area (Å²) in [6, 6.07) is 16.3. The zero-order valence-electron chi connectivity index (χ0n) is 20.2. The van der Waals surface area contributed by atoms with Crippen LogP contribution < -0.4 is 5.32 Å². The monoisotopic (exact) mass is 581 g/mol. The van der Waals surface area contributed by atoms with Crippen LogP contribution in [0.5, 0.6) is 0 Å². The van der Waals surface area contributed by atoms with Crippen molar-refractivity contribution in [3.63, 3.8) is 0 Å². The van der Waals surface area contributed by atoms with Crippen LogP contribution in [0.2, 0.25) is 5.02 Å². The molecule has 0 saturated carbocycles. The minimum Gasteiger partial charge on any atom is -0.465 e. The van der Waals surface area contributed by atoms with Gasteiger partial charge in [-0.1, -0.05) is 35.9 Å². The molecule has 8 nitrogen and oxygen atoms in total. The van der Waals surface area contributed by atoms with Crippen LogP contribution in [0.1, 0.15) is 33.6 Å². The first kappa shape index (κ1) is 25.2. The Morgan fingerprint density at radius 1 is 1.11 bits per heavy atom. The van der Waals surface area contributed by atoms with Gasteiger partial charge in [0, 0.05) is 41.9 Å². The summed E-state index contributed by atoms with van der Waals surface area (Å²) in [4.78, 5) is 31.4. The number of ether oxygens (including phenoxy) is 1. The van der Waals surface area contributed by atoms with Gasteiger partial charge in [0.15, 0.2) is 5.65 Å². The SMILES string of the molecule is COC(=O)c1cccc(C(=O)N2CCC(CNc3cc(-c4ccccc4Cl)nc4c(Br)cnn34)CC2)c1. The number of halogens is 2. The molecule has 1 N–H and O–H groups in total. The number of fused-ring (bicyclic) bond motifs is 1. The van der Waals surface area contributed by atoms with Crippen LogP contribution in [0.15, 0.2) is 65.3 Å². The number of amides is 1. The van der Waals surface area contributed by atoms with Crippen molar-refractivity contribution in [2.75, 3.05) is 32.1 Å². The third-order valence-electron chi connectivity index (χ3n) is 6.58. The molecule has 0 unspecified atom stereocenters. The predicted molar refractivity (Wildman–Crippen MR) is 146 cm³/mol. The van der Waals surface area contributed by atoms with E-state index < -0.39 is 5.97 Å². The minimum atomic E-state index is -0.452. The Kier molecular flexibility index (Phi) is 7.43. The van der Waals surface area contributed by atoms with Crippen molar-refractivity contribution in [1.29, 1.82) is 0 Å². The Labute approximate surface area is 227 Å². The first-order valence-corrected chi connectivity index (χ1v) is 13.1. The van der Waals surface area contributed by atoms with Crippen molar-refractivity contribution in [2.45, 2.75) is 12.8 Å². The fraction of sp³-hybridized carbons (Fsp3) is 0.259. The number of esters is 1. The third kappa shape index (κ3) is 5.33. The number of nitrogens with zero attached hydrogens (tertiary/aromatic N) is 4. The highest BCUT2D eigenvalue weighted by molar-refractivity contribution is 9.10. The average molecular weight is 583 g/mol. The van der Waals surface area contributed by atoms with E-state index in [0.29, 0.717) is 40.8 Å². The van der Waals surface area contributed by atoms with Gasteiger partial charge in [-0.05, 0) is 59.0 Å². The Morgan fingerprint density at radius 2 is 1.86 bits per heavy atom. The summed E-state index contributed by atoms with van der Waals surface area (Å²) < 4.78 is 7.34. The molecule has 0 bridgehead atoms. The van der Waals surface area contributed by atoms with Gasteiger partial charge in [0.25, 0.3) is 5.91 Å². The fourth-order valence-corrected chi connectivity index (χ4v) is 5.12. The minimum absolute atomic E-state index is 0.0706. The molecule has 2 aromatic carbocycles. The number of benzene rings is 2. The van der Waals surface area contributed by atoms with E-state index in [1.54, 1.807) is 35.0 Å². The number of piperidine rings is 1. The van der Waals surface area contributed by atoms with Gasteiger partial charge in [-0.3, -0.25) is 4.79 Å². The lowest BCUT2D eigenvalue weighted by atomic mass is 9.96. The van der Waals surface area contributed by atoms with Gasteiger partial charge in [0.1, 0.15) is 5.82 Å². The second-order valence-corrected chi connectivity index (χ2v) is 10.2. The van der Waals surface area contributed by atoms with Crippen LogP contribution in [-0.4, -0.2) is 58.1 Å². The molecular formula is C27H25BrClN5O3. The maximum Gasteiger partial charge on any atom is 0.337 e. The summed E-state index contributed by atoms with van der Waals surface area (Å²) in [5.74, 6) is 0.686. The number of anilines is 1. The Bertz CT molecular complexity index is 1470. The number of likely N-dealkylation sites (tertiary alicyclic amines) is 1. The molecule has 1 fully saturated rings. The second kappa shape index (κ2) is 10.9. The molecule has 0 radical (unpaired) electrons. The van der Waals surface area contributed by atoms with Crippen LogP contribution in [-0.2, 0) is 4.74 Å². The van der Waals surface area contributed by atoms with Crippen LogP contribution in [0.25, 0.3) is 16.9 Å². The van der Waals surface area contributed by atoms with Gasteiger partial charge in [0.2, 0.25) is 0 Å². The molecule has 5 rings (SSSR count). The molecule has 10 heteroatoms. The highest BCUT2D eigenvalue weighted by Crippen LogP contribution is 2.30. The lowest BCUT2D eigenvalue weighted by molar-refractivity contribution is 0.0600. The standard InChI is InChI=1S/C27H25BrClN5O3/c1-37-27(36)19-6-4-5-18(13-19)26(35)33-11-9-17(10-12-33)15-30-24-14-23(20-7-2-3-8-22(20)29)32-25-21(28)16-31-34(24)25/h2-8,13-14,16-17,30H,9-12,15H2,1H3. The highest BCUT2D eigenvalue weighted by atomic mass is 79.9. The quantitative estimate of drug-likeness (QED) is 0.299. The molecule has 1 saturated heterocycles. The van der Waals surface area contributed by atoms with Crippen LogP contribution >= 0.6 is 27.5 Å². The van der Waals surface area contributed by atoms with Gasteiger partial charge < -0.3 is 15.0 Å². The maximum atomic E-state index is 13.0. The van der Waals surface area contributed by atoms with Gasteiger partial charge in [-0.25, -0.2) is 9.78 Å². The molecular weight excluding hydrogens is 558 g/mol. The number of carbonyl (C=O) groups excluding carboxylic acids is 2. The maximum absolute atomic E-state index is 13.0. The lowest BCUT2D eigenvalue weighted by Crippen LogP contribution is -2.40. The van der Waals surface area contributed by atoms with E-state index in [1.807, 2.05) is 35.2 Å². The normalized spacial score (nSPS) is 14.1. The number of aromatic nitrogens is 3. The van der Waals surface area contributed by atoms with Crippen molar-refractivity contribution >= 4 is 50.9 Å². The lowest BCUT2D eigenvalue weighted by Gasteiger charge is -2.32. The highest BCUT2D eigenvalue weighted by Gasteiger charge is 2.24. The molecule has 2 aromatic heterocycles. The number of rotatable bonds is 6. The average Bonchev–Trinajstić information content (AvgIpc) is 3.32. The van der Waals surface area contributed by atoms with Crippen molar-refractivity contribution in [3.8, 4) is 11.3 Å².